The van der Waals surface area contributed by atoms with Crippen LogP contribution < -0.4 is 5.56 Å². The molecule has 0 amide bonds. The van der Waals surface area contributed by atoms with Gasteiger partial charge in [0.05, 0.1) is 21.7 Å². The van der Waals surface area contributed by atoms with Crippen molar-refractivity contribution in [2.45, 2.75) is 13.5 Å². The Morgan fingerprint density at radius 1 is 1.33 bits per heavy atom. The molecule has 0 fully saturated rings. The minimum Gasteiger partial charge on any atom is -0.288 e. The van der Waals surface area contributed by atoms with E-state index in [2.05, 4.69) is 20.1 Å². The second-order valence-corrected chi connectivity index (χ2v) is 6.00. The number of fused-ring (bicyclic) bond motifs is 1. The molecule has 0 bridgehead atoms. The lowest BCUT2D eigenvalue weighted by molar-refractivity contribution is 0.664. The summed E-state index contributed by atoms with van der Waals surface area (Å²) in [4.78, 5) is 25.0. The molecule has 3 heterocycles. The van der Waals surface area contributed by atoms with Crippen LogP contribution >= 0.6 is 34.2 Å². The predicted molar refractivity (Wildman–Crippen MR) is 86.4 cm³/mol. The number of halogens is 2. The van der Waals surface area contributed by atoms with Gasteiger partial charge in [-0.3, -0.25) is 14.0 Å². The predicted octanol–water partition coefficient (Wildman–Crippen LogP) is 1.53. The Morgan fingerprint density at radius 3 is 2.86 bits per heavy atom. The third kappa shape index (κ3) is 2.53. The summed E-state index contributed by atoms with van der Waals surface area (Å²) in [5.74, 6) is 1.05. The highest BCUT2D eigenvalue weighted by atomic mass is 127. The Morgan fingerprint density at radius 2 is 2.10 bits per heavy atom. The number of aromatic nitrogens is 6. The van der Waals surface area contributed by atoms with Crippen LogP contribution in [0.2, 0.25) is 5.15 Å². The molecule has 0 saturated carbocycles. The Kier molecular flexibility index (Phi) is 3.66. The highest BCUT2D eigenvalue weighted by Crippen LogP contribution is 2.19. The van der Waals surface area contributed by atoms with E-state index in [-0.39, 0.29) is 12.1 Å². The van der Waals surface area contributed by atoms with E-state index in [0.29, 0.717) is 31.4 Å². The summed E-state index contributed by atoms with van der Waals surface area (Å²) in [5.41, 5.74) is 0.516. The van der Waals surface area contributed by atoms with Gasteiger partial charge in [0, 0.05) is 13.2 Å². The van der Waals surface area contributed by atoms with Crippen molar-refractivity contribution < 1.29 is 0 Å². The largest absolute Gasteiger partial charge is 0.288 e. The van der Waals surface area contributed by atoms with Crippen molar-refractivity contribution in [3.8, 4) is 0 Å². The van der Waals surface area contributed by atoms with Crippen LogP contribution in [0.5, 0.6) is 0 Å². The second kappa shape index (κ2) is 5.34. The maximum absolute atomic E-state index is 12.2. The lowest BCUT2D eigenvalue weighted by Crippen LogP contribution is -2.26. The smallest absolute Gasteiger partial charge is 0.267 e. The van der Waals surface area contributed by atoms with Gasteiger partial charge in [-0.2, -0.15) is 5.10 Å². The lowest BCUT2D eigenvalue weighted by Gasteiger charge is -2.09. The Balaban J connectivity index is 2.13. The Hall–Kier alpha value is -1.55. The summed E-state index contributed by atoms with van der Waals surface area (Å²) < 4.78 is 3.69. The van der Waals surface area contributed by atoms with Crippen LogP contribution in [0.3, 0.4) is 0 Å². The molecule has 0 aliphatic carbocycles. The van der Waals surface area contributed by atoms with E-state index in [9.17, 15) is 4.79 Å². The topological polar surface area (TPSA) is 78.5 Å². The van der Waals surface area contributed by atoms with Crippen LogP contribution in [-0.4, -0.2) is 29.3 Å². The molecule has 3 aromatic rings. The average Bonchev–Trinajstić information content (AvgIpc) is 2.82. The van der Waals surface area contributed by atoms with Crippen molar-refractivity contribution in [2.24, 2.45) is 7.05 Å². The van der Waals surface area contributed by atoms with E-state index in [1.165, 1.54) is 4.57 Å². The molecular weight excluding hydrogens is 407 g/mol. The molecule has 0 aromatic carbocycles. The third-order valence-electron chi connectivity index (χ3n) is 3.10. The zero-order valence-electron chi connectivity index (χ0n) is 11.2. The van der Waals surface area contributed by atoms with Gasteiger partial charge in [0.2, 0.25) is 0 Å². The van der Waals surface area contributed by atoms with Crippen LogP contribution in [0.15, 0.2) is 17.2 Å². The number of aryl methyl sites for hydroxylation is 2. The molecule has 0 saturated heterocycles. The molecule has 0 aliphatic rings. The fraction of sp³-hybridized carbons (Fsp3) is 0.250. The van der Waals surface area contributed by atoms with Gasteiger partial charge in [0.1, 0.15) is 11.0 Å². The maximum Gasteiger partial charge on any atom is 0.267 e. The minimum absolute atomic E-state index is 0.118. The van der Waals surface area contributed by atoms with Gasteiger partial charge < -0.3 is 0 Å². The minimum atomic E-state index is -0.118. The molecule has 0 aliphatic heterocycles. The van der Waals surface area contributed by atoms with Gasteiger partial charge in [0.15, 0.2) is 11.5 Å². The maximum atomic E-state index is 12.2. The number of rotatable bonds is 2. The lowest BCUT2D eigenvalue weighted by atomic mass is 10.4. The molecule has 0 N–H and O–H groups in total. The quantitative estimate of drug-likeness (QED) is 0.468. The van der Waals surface area contributed by atoms with Crippen LogP contribution in [0.1, 0.15) is 11.6 Å². The summed E-state index contributed by atoms with van der Waals surface area (Å²) in [7, 11) is 1.78. The zero-order chi connectivity index (χ0) is 15.1. The molecule has 3 rings (SSSR count). The first kappa shape index (κ1) is 14.4. The molecule has 108 valence electrons. The van der Waals surface area contributed by atoms with Crippen LogP contribution in [0.25, 0.3) is 11.0 Å². The fourth-order valence-corrected chi connectivity index (χ4v) is 2.64. The highest BCUT2D eigenvalue weighted by molar-refractivity contribution is 14.1. The molecule has 0 spiro atoms. The van der Waals surface area contributed by atoms with Gasteiger partial charge >= 0.3 is 0 Å². The van der Waals surface area contributed by atoms with Crippen molar-refractivity contribution in [3.63, 3.8) is 0 Å². The molecular formula is C12H10ClIN6O. The first-order valence-corrected chi connectivity index (χ1v) is 7.49. The van der Waals surface area contributed by atoms with E-state index < -0.39 is 0 Å². The number of hydrogen-bond acceptors (Lipinski definition) is 5. The first-order chi connectivity index (χ1) is 9.97. The monoisotopic (exact) mass is 416 g/mol. The van der Waals surface area contributed by atoms with Crippen LogP contribution in [0, 0.1) is 10.5 Å². The van der Waals surface area contributed by atoms with Crippen molar-refractivity contribution >= 4 is 45.2 Å². The van der Waals surface area contributed by atoms with E-state index >= 15 is 0 Å². The first-order valence-electron chi connectivity index (χ1n) is 6.03. The summed E-state index contributed by atoms with van der Waals surface area (Å²) >= 11 is 8.10. The molecule has 7 nitrogen and oxygen atoms in total. The van der Waals surface area contributed by atoms with E-state index in [1.807, 2.05) is 22.6 Å². The van der Waals surface area contributed by atoms with E-state index in [4.69, 9.17) is 11.6 Å². The number of nitrogens with zero attached hydrogens (tertiary/aromatic N) is 6. The number of hydrogen-bond donors (Lipinski definition) is 0. The molecule has 0 unspecified atom stereocenters. The normalized spacial score (nSPS) is 11.2. The molecule has 0 radical (unpaired) electrons. The summed E-state index contributed by atoms with van der Waals surface area (Å²) in [6.07, 6.45) is 3.17. The van der Waals surface area contributed by atoms with Crippen molar-refractivity contribution in [2.75, 3.05) is 0 Å². The molecule has 0 atom stereocenters. The SMILES string of the molecule is Cc1ncc(I)c(=O)n1Cc1nc(Cl)c2cnn(C)c2n1. The molecule has 9 heteroatoms. The van der Waals surface area contributed by atoms with Crippen LogP contribution in [0.4, 0.5) is 0 Å². The average molecular weight is 417 g/mol. The summed E-state index contributed by atoms with van der Waals surface area (Å²) in [6, 6.07) is 0. The van der Waals surface area contributed by atoms with E-state index in [0.717, 1.165) is 0 Å². The highest BCUT2D eigenvalue weighted by Gasteiger charge is 2.12. The van der Waals surface area contributed by atoms with Gasteiger partial charge in [-0.15, -0.1) is 0 Å². The van der Waals surface area contributed by atoms with Gasteiger partial charge in [0.25, 0.3) is 5.56 Å². The van der Waals surface area contributed by atoms with Gasteiger partial charge in [-0.1, -0.05) is 11.6 Å². The van der Waals surface area contributed by atoms with E-state index in [1.54, 1.807) is 31.0 Å². The summed E-state index contributed by atoms with van der Waals surface area (Å²) in [6.45, 7) is 1.98. The van der Waals surface area contributed by atoms with Gasteiger partial charge in [-0.25, -0.2) is 15.0 Å². The van der Waals surface area contributed by atoms with Gasteiger partial charge in [-0.05, 0) is 29.5 Å². The molecule has 3 aromatic heterocycles. The third-order valence-corrected chi connectivity index (χ3v) is 4.12. The van der Waals surface area contributed by atoms with Crippen molar-refractivity contribution in [3.05, 3.63) is 43.1 Å². The summed E-state index contributed by atoms with van der Waals surface area (Å²) in [5, 5.41) is 5.12. The standard InChI is InChI=1S/C12H10ClIN6O/c1-6-15-4-8(14)12(21)20(6)5-9-17-10(13)7-3-16-19(2)11(7)18-9/h3-4H,5H2,1-2H3. The fourth-order valence-electron chi connectivity index (χ4n) is 1.98. The van der Waals surface area contributed by atoms with Crippen LogP contribution in [-0.2, 0) is 13.6 Å². The zero-order valence-corrected chi connectivity index (χ0v) is 14.1. The second-order valence-electron chi connectivity index (χ2n) is 4.48. The molecule has 21 heavy (non-hydrogen) atoms. The van der Waals surface area contributed by atoms with Crippen molar-refractivity contribution in [1.29, 1.82) is 0 Å². The van der Waals surface area contributed by atoms with Crippen molar-refractivity contribution in [1.82, 2.24) is 29.3 Å². The Bertz CT molecular complexity index is 903. The Labute approximate surface area is 138 Å².